The number of hydrogen-bond acceptors (Lipinski definition) is 5. The summed E-state index contributed by atoms with van der Waals surface area (Å²) in [6.45, 7) is 1.80. The molecule has 1 aliphatic heterocycles. The molecule has 0 radical (unpaired) electrons. The Morgan fingerprint density at radius 3 is 2.50 bits per heavy atom. The zero-order valence-electron chi connectivity index (χ0n) is 17.7. The van der Waals surface area contributed by atoms with Gasteiger partial charge in [-0.25, -0.2) is 4.79 Å². The summed E-state index contributed by atoms with van der Waals surface area (Å²) in [6, 6.07) is 9.75. The first-order valence-corrected chi connectivity index (χ1v) is 10.5. The molecule has 0 unspecified atom stereocenters. The van der Waals surface area contributed by atoms with Crippen molar-refractivity contribution < 1.29 is 14.3 Å². The van der Waals surface area contributed by atoms with Gasteiger partial charge in [-0.3, -0.25) is 4.79 Å². The summed E-state index contributed by atoms with van der Waals surface area (Å²) in [5, 5.41) is 3.98. The molecule has 9 heteroatoms. The molecule has 6 nitrogen and oxygen atoms in total. The summed E-state index contributed by atoms with van der Waals surface area (Å²) in [5.74, 6) is 5.22. The molecule has 2 aromatic rings. The summed E-state index contributed by atoms with van der Waals surface area (Å²) in [5.41, 5.74) is 8.41. The van der Waals surface area contributed by atoms with Gasteiger partial charge in [0, 0.05) is 46.7 Å². The highest BCUT2D eigenvalue weighted by molar-refractivity contribution is 6.35. The number of hydrogen-bond donors (Lipinski definition) is 2. The van der Waals surface area contributed by atoms with Crippen molar-refractivity contribution in [3.8, 4) is 11.8 Å². The number of amides is 1. The number of benzene rings is 2. The van der Waals surface area contributed by atoms with Crippen LogP contribution in [-0.2, 0) is 20.7 Å². The average Bonchev–Trinajstić information content (AvgIpc) is 2.73. The molecule has 0 fully saturated rings. The number of nitrogens with two attached hydrogens (primary N) is 1. The van der Waals surface area contributed by atoms with E-state index in [0.29, 0.717) is 46.4 Å². The molecule has 0 aromatic heterocycles. The number of carbonyl (C=O) groups excluding carboxylic acids is 2. The second kappa shape index (κ2) is 11.4. The fourth-order valence-corrected chi connectivity index (χ4v) is 4.37. The molecule has 170 valence electrons. The van der Waals surface area contributed by atoms with Crippen molar-refractivity contribution >= 4 is 58.9 Å². The maximum atomic E-state index is 12.8. The van der Waals surface area contributed by atoms with E-state index in [1.807, 2.05) is 24.3 Å². The lowest BCUT2D eigenvalue weighted by molar-refractivity contribution is -0.142. The Kier molecular flexibility index (Phi) is 9.23. The van der Waals surface area contributed by atoms with Gasteiger partial charge >= 0.3 is 5.97 Å². The van der Waals surface area contributed by atoms with E-state index in [4.69, 9.17) is 33.7 Å². The number of halogens is 3. The fourth-order valence-electron chi connectivity index (χ4n) is 3.75. The molecule has 0 bridgehead atoms. The molecule has 2 aromatic carbocycles. The van der Waals surface area contributed by atoms with Crippen LogP contribution in [0.4, 0.5) is 11.4 Å². The summed E-state index contributed by atoms with van der Waals surface area (Å²) in [7, 11) is 1.33. The fraction of sp³-hybridized carbons (Fsp3) is 0.304. The van der Waals surface area contributed by atoms with Crippen molar-refractivity contribution in [3.63, 3.8) is 0 Å². The second-order valence-corrected chi connectivity index (χ2v) is 7.95. The molecule has 0 saturated heterocycles. The first-order chi connectivity index (χ1) is 14.8. The zero-order chi connectivity index (χ0) is 22.5. The topological polar surface area (TPSA) is 84.7 Å². The number of rotatable bonds is 4. The quantitative estimate of drug-likeness (QED) is 0.485. The average molecular weight is 497 g/mol. The van der Waals surface area contributed by atoms with Gasteiger partial charge in [0.2, 0.25) is 5.91 Å². The molecule has 1 aliphatic rings. The molecule has 0 saturated carbocycles. The van der Waals surface area contributed by atoms with Crippen molar-refractivity contribution in [2.75, 3.05) is 23.9 Å². The van der Waals surface area contributed by atoms with E-state index in [-0.39, 0.29) is 18.3 Å². The van der Waals surface area contributed by atoms with Crippen LogP contribution in [0.2, 0.25) is 10.0 Å². The summed E-state index contributed by atoms with van der Waals surface area (Å²) < 4.78 is 4.93. The Hall–Kier alpha value is -2.43. The Balaban J connectivity index is 0.00000363. The van der Waals surface area contributed by atoms with Crippen LogP contribution in [0.1, 0.15) is 30.5 Å². The van der Waals surface area contributed by atoms with Crippen LogP contribution in [0.15, 0.2) is 36.4 Å². The lowest BCUT2D eigenvalue weighted by Gasteiger charge is -2.39. The minimum Gasteiger partial charge on any atom is -0.467 e. The van der Waals surface area contributed by atoms with Gasteiger partial charge in [0.1, 0.15) is 6.04 Å². The van der Waals surface area contributed by atoms with Crippen LogP contribution in [-0.4, -0.2) is 31.6 Å². The molecule has 0 aliphatic carbocycles. The molecule has 2 atom stereocenters. The third-order valence-corrected chi connectivity index (χ3v) is 5.62. The van der Waals surface area contributed by atoms with Gasteiger partial charge in [0.05, 0.1) is 19.7 Å². The van der Waals surface area contributed by atoms with Crippen molar-refractivity contribution in [3.05, 3.63) is 57.6 Å². The van der Waals surface area contributed by atoms with Crippen LogP contribution in [0.25, 0.3) is 0 Å². The van der Waals surface area contributed by atoms with Gasteiger partial charge < -0.3 is 20.7 Å². The number of esters is 1. The van der Waals surface area contributed by atoms with E-state index in [9.17, 15) is 9.59 Å². The SMILES string of the molecule is COC(=O)[C@@H]1C[C@@H](N(C(C)=O)c2ccc(CC#CCN)cc2)c2c(Cl)cc(Cl)cc2N1.Cl. The largest absolute Gasteiger partial charge is 0.467 e. The highest BCUT2D eigenvalue weighted by Crippen LogP contribution is 2.44. The highest BCUT2D eigenvalue weighted by Gasteiger charge is 2.38. The number of carbonyl (C=O) groups is 2. The van der Waals surface area contributed by atoms with Crippen molar-refractivity contribution in [2.24, 2.45) is 5.73 Å². The van der Waals surface area contributed by atoms with E-state index >= 15 is 0 Å². The second-order valence-electron chi connectivity index (χ2n) is 7.11. The summed E-state index contributed by atoms with van der Waals surface area (Å²) in [6.07, 6.45) is 0.868. The minimum absolute atomic E-state index is 0. The Bertz CT molecular complexity index is 1050. The van der Waals surface area contributed by atoms with Gasteiger partial charge in [-0.05, 0) is 29.8 Å². The van der Waals surface area contributed by atoms with Crippen molar-refractivity contribution in [2.45, 2.75) is 31.8 Å². The monoisotopic (exact) mass is 495 g/mol. The van der Waals surface area contributed by atoms with E-state index < -0.39 is 18.1 Å². The Morgan fingerprint density at radius 2 is 1.91 bits per heavy atom. The van der Waals surface area contributed by atoms with E-state index in [1.165, 1.54) is 14.0 Å². The lowest BCUT2D eigenvalue weighted by Crippen LogP contribution is -2.43. The van der Waals surface area contributed by atoms with Gasteiger partial charge in [-0.1, -0.05) is 47.2 Å². The smallest absolute Gasteiger partial charge is 0.328 e. The number of fused-ring (bicyclic) bond motifs is 1. The van der Waals surface area contributed by atoms with Crippen LogP contribution in [0.5, 0.6) is 0 Å². The molecule has 3 N–H and O–H groups in total. The van der Waals surface area contributed by atoms with Gasteiger partial charge in [0.25, 0.3) is 0 Å². The third-order valence-electron chi connectivity index (χ3n) is 5.09. The number of nitrogens with zero attached hydrogens (tertiary/aromatic N) is 1. The molecule has 32 heavy (non-hydrogen) atoms. The third kappa shape index (κ3) is 5.67. The molecular formula is C23H24Cl3N3O3. The molecular weight excluding hydrogens is 473 g/mol. The van der Waals surface area contributed by atoms with Crippen LogP contribution < -0.4 is 16.0 Å². The summed E-state index contributed by atoms with van der Waals surface area (Å²) >= 11 is 12.7. The molecule has 0 spiro atoms. The first-order valence-electron chi connectivity index (χ1n) is 9.73. The maximum Gasteiger partial charge on any atom is 0.328 e. The summed E-state index contributed by atoms with van der Waals surface area (Å²) in [4.78, 5) is 26.7. The number of anilines is 2. The van der Waals surface area contributed by atoms with Gasteiger partial charge in [-0.2, -0.15) is 0 Å². The van der Waals surface area contributed by atoms with Gasteiger partial charge in [-0.15, -0.1) is 12.4 Å². The predicted molar refractivity (Wildman–Crippen MR) is 131 cm³/mol. The van der Waals surface area contributed by atoms with E-state index in [1.54, 1.807) is 17.0 Å². The number of methoxy groups -OCH3 is 1. The maximum absolute atomic E-state index is 12.8. The normalized spacial score (nSPS) is 16.4. The first kappa shape index (κ1) is 25.8. The Labute approximate surface area is 203 Å². The van der Waals surface area contributed by atoms with Crippen LogP contribution in [0.3, 0.4) is 0 Å². The minimum atomic E-state index is -0.648. The van der Waals surface area contributed by atoms with E-state index in [2.05, 4.69) is 17.2 Å². The number of ether oxygens (including phenoxy) is 1. The van der Waals surface area contributed by atoms with Crippen molar-refractivity contribution in [1.82, 2.24) is 0 Å². The molecule has 1 heterocycles. The van der Waals surface area contributed by atoms with Crippen LogP contribution >= 0.6 is 35.6 Å². The lowest BCUT2D eigenvalue weighted by atomic mass is 9.90. The standard InChI is InChI=1S/C23H23Cl2N3O3.ClH/c1-14(29)28(17-8-6-15(7-9-17)5-3-4-10-26)21-13-20(23(30)31-2)27-19-12-16(24)11-18(25)22(19)21;/h6-9,11-12,20-21,27H,5,10,13,26H2,1-2H3;1H/t20-,21+;/m0./s1. The van der Waals surface area contributed by atoms with Crippen LogP contribution in [0, 0.1) is 11.8 Å². The van der Waals surface area contributed by atoms with Gasteiger partial charge in [0.15, 0.2) is 0 Å². The number of nitrogens with one attached hydrogen (secondary N) is 1. The van der Waals surface area contributed by atoms with Crippen molar-refractivity contribution in [1.29, 1.82) is 0 Å². The zero-order valence-corrected chi connectivity index (χ0v) is 20.0. The molecule has 3 rings (SSSR count). The highest BCUT2D eigenvalue weighted by atomic mass is 35.5. The predicted octanol–water partition coefficient (Wildman–Crippen LogP) is 4.37. The molecule has 1 amide bonds. The van der Waals surface area contributed by atoms with E-state index in [0.717, 1.165) is 5.56 Å². The Morgan fingerprint density at radius 1 is 1.22 bits per heavy atom.